The largest absolute Gasteiger partial charge is 0.469 e. The van der Waals surface area contributed by atoms with E-state index in [0.29, 0.717) is 12.8 Å². The number of fused-ring (bicyclic) bond motifs is 1. The van der Waals surface area contributed by atoms with Crippen LogP contribution in [0.3, 0.4) is 0 Å². The summed E-state index contributed by atoms with van der Waals surface area (Å²) in [6.45, 7) is 0. The highest BCUT2D eigenvalue weighted by Crippen LogP contribution is 2.35. The molecule has 0 saturated carbocycles. The van der Waals surface area contributed by atoms with Crippen LogP contribution in [0.25, 0.3) is 0 Å². The molecule has 4 heteroatoms. The highest BCUT2D eigenvalue weighted by molar-refractivity contribution is 7.99. The zero-order chi connectivity index (χ0) is 13.8. The predicted molar refractivity (Wildman–Crippen MR) is 79.7 cm³/mol. The Kier molecular flexibility index (Phi) is 4.11. The first kappa shape index (κ1) is 13.3. The third-order valence-corrected chi connectivity index (χ3v) is 4.59. The number of carbonyl (C=O) groups excluding carboxylic acids is 1. The molecule has 0 spiro atoms. The SMILES string of the molecule is O=C(CCc1ccco1)NC1CCSc2ccccc21. The standard InChI is InChI=1S/C16H17NO2S/c18-16(8-7-12-4-3-10-19-12)17-14-9-11-20-15-6-2-1-5-13(14)15/h1-6,10,14H,7-9,11H2,(H,17,18). The number of aryl methyl sites for hydroxylation is 1. The first-order chi connectivity index (χ1) is 9.83. The first-order valence-electron chi connectivity index (χ1n) is 6.86. The summed E-state index contributed by atoms with van der Waals surface area (Å²) in [5.74, 6) is 2.01. The summed E-state index contributed by atoms with van der Waals surface area (Å²) in [4.78, 5) is 13.3. The second-order valence-electron chi connectivity index (χ2n) is 4.87. The molecular weight excluding hydrogens is 270 g/mol. The molecule has 104 valence electrons. The quantitative estimate of drug-likeness (QED) is 0.935. The highest BCUT2D eigenvalue weighted by Gasteiger charge is 2.21. The molecule has 1 N–H and O–H groups in total. The van der Waals surface area contributed by atoms with Crippen molar-refractivity contribution in [1.29, 1.82) is 0 Å². The molecule has 1 aliphatic rings. The van der Waals surface area contributed by atoms with Gasteiger partial charge in [-0.1, -0.05) is 18.2 Å². The Morgan fingerprint density at radius 1 is 1.30 bits per heavy atom. The highest BCUT2D eigenvalue weighted by atomic mass is 32.2. The molecule has 2 aromatic rings. The second-order valence-corrected chi connectivity index (χ2v) is 6.01. The molecule has 0 aliphatic carbocycles. The van der Waals surface area contributed by atoms with Crippen LogP contribution in [0, 0.1) is 0 Å². The summed E-state index contributed by atoms with van der Waals surface area (Å²) in [6.07, 6.45) is 3.76. The molecule has 3 nitrogen and oxygen atoms in total. The van der Waals surface area contributed by atoms with Crippen molar-refractivity contribution in [2.45, 2.75) is 30.2 Å². The summed E-state index contributed by atoms with van der Waals surface area (Å²) in [5, 5.41) is 3.14. The Balaban J connectivity index is 1.59. The Labute approximate surface area is 122 Å². The number of carbonyl (C=O) groups is 1. The van der Waals surface area contributed by atoms with E-state index in [1.807, 2.05) is 36.0 Å². The smallest absolute Gasteiger partial charge is 0.220 e. The fourth-order valence-corrected chi connectivity index (χ4v) is 3.58. The number of thioether (sulfide) groups is 1. The minimum Gasteiger partial charge on any atom is -0.469 e. The molecule has 1 aliphatic heterocycles. The predicted octanol–water partition coefficient (Wildman–Crippen LogP) is 3.57. The van der Waals surface area contributed by atoms with E-state index >= 15 is 0 Å². The molecular formula is C16H17NO2S. The van der Waals surface area contributed by atoms with Crippen LogP contribution < -0.4 is 5.32 Å². The van der Waals surface area contributed by atoms with Crippen molar-refractivity contribution in [3.63, 3.8) is 0 Å². The number of hydrogen-bond acceptors (Lipinski definition) is 3. The maximum atomic E-state index is 12.1. The monoisotopic (exact) mass is 287 g/mol. The summed E-state index contributed by atoms with van der Waals surface area (Å²) in [5.41, 5.74) is 1.25. The summed E-state index contributed by atoms with van der Waals surface area (Å²) >= 11 is 1.86. The van der Waals surface area contributed by atoms with Crippen LogP contribution in [0.2, 0.25) is 0 Å². The van der Waals surface area contributed by atoms with Gasteiger partial charge in [0.1, 0.15) is 5.76 Å². The number of rotatable bonds is 4. The van der Waals surface area contributed by atoms with Crippen LogP contribution in [0.1, 0.15) is 30.2 Å². The average molecular weight is 287 g/mol. The van der Waals surface area contributed by atoms with Gasteiger partial charge >= 0.3 is 0 Å². The van der Waals surface area contributed by atoms with E-state index in [1.165, 1.54) is 10.5 Å². The van der Waals surface area contributed by atoms with E-state index in [2.05, 4.69) is 17.4 Å². The van der Waals surface area contributed by atoms with Crippen molar-refractivity contribution >= 4 is 17.7 Å². The second kappa shape index (κ2) is 6.18. The number of amides is 1. The Hall–Kier alpha value is -1.68. The van der Waals surface area contributed by atoms with Gasteiger partial charge in [0.2, 0.25) is 5.91 Å². The third kappa shape index (κ3) is 3.07. The Morgan fingerprint density at radius 3 is 3.05 bits per heavy atom. The Bertz CT molecular complexity index is 580. The molecule has 1 aromatic carbocycles. The van der Waals surface area contributed by atoms with Gasteiger partial charge in [-0.15, -0.1) is 11.8 Å². The molecule has 1 unspecified atom stereocenters. The third-order valence-electron chi connectivity index (χ3n) is 3.47. The lowest BCUT2D eigenvalue weighted by Crippen LogP contribution is -2.30. The fraction of sp³-hybridized carbons (Fsp3) is 0.312. The Morgan fingerprint density at radius 2 is 2.20 bits per heavy atom. The van der Waals surface area contributed by atoms with E-state index < -0.39 is 0 Å². The zero-order valence-electron chi connectivity index (χ0n) is 11.2. The lowest BCUT2D eigenvalue weighted by Gasteiger charge is -2.25. The van der Waals surface area contributed by atoms with Gasteiger partial charge in [0.05, 0.1) is 12.3 Å². The van der Waals surface area contributed by atoms with Crippen LogP contribution in [0.15, 0.2) is 52.0 Å². The van der Waals surface area contributed by atoms with E-state index in [4.69, 9.17) is 4.42 Å². The number of hydrogen-bond donors (Lipinski definition) is 1. The van der Waals surface area contributed by atoms with Crippen molar-refractivity contribution < 1.29 is 9.21 Å². The van der Waals surface area contributed by atoms with Gasteiger partial charge in [0, 0.05) is 23.5 Å². The maximum Gasteiger partial charge on any atom is 0.220 e. The fourth-order valence-electron chi connectivity index (χ4n) is 2.45. The van der Waals surface area contributed by atoms with Crippen molar-refractivity contribution in [3.8, 4) is 0 Å². The van der Waals surface area contributed by atoms with Gasteiger partial charge in [0.15, 0.2) is 0 Å². The molecule has 0 fully saturated rings. The lowest BCUT2D eigenvalue weighted by atomic mass is 10.0. The van der Waals surface area contributed by atoms with Crippen LogP contribution >= 0.6 is 11.8 Å². The number of nitrogens with one attached hydrogen (secondary N) is 1. The summed E-state index contributed by atoms with van der Waals surface area (Å²) in [7, 11) is 0. The minimum absolute atomic E-state index is 0.0908. The summed E-state index contributed by atoms with van der Waals surface area (Å²) < 4.78 is 5.25. The molecule has 0 saturated heterocycles. The molecule has 0 bridgehead atoms. The van der Waals surface area contributed by atoms with Gasteiger partial charge in [-0.05, 0) is 30.2 Å². The molecule has 0 radical (unpaired) electrons. The zero-order valence-corrected chi connectivity index (χ0v) is 12.0. The van der Waals surface area contributed by atoms with Gasteiger partial charge in [-0.25, -0.2) is 0 Å². The number of furan rings is 1. The first-order valence-corrected chi connectivity index (χ1v) is 7.85. The van der Waals surface area contributed by atoms with Gasteiger partial charge in [0.25, 0.3) is 0 Å². The van der Waals surface area contributed by atoms with Crippen LogP contribution in [-0.4, -0.2) is 11.7 Å². The molecule has 20 heavy (non-hydrogen) atoms. The molecule has 1 aromatic heterocycles. The van der Waals surface area contributed by atoms with Crippen LogP contribution in [-0.2, 0) is 11.2 Å². The lowest BCUT2D eigenvalue weighted by molar-refractivity contribution is -0.121. The normalized spacial score (nSPS) is 17.5. The van der Waals surface area contributed by atoms with Gasteiger partial charge in [-0.3, -0.25) is 4.79 Å². The van der Waals surface area contributed by atoms with Gasteiger partial charge in [-0.2, -0.15) is 0 Å². The average Bonchev–Trinajstić information content (AvgIpc) is 2.99. The molecule has 1 amide bonds. The maximum absolute atomic E-state index is 12.1. The molecule has 3 rings (SSSR count). The topological polar surface area (TPSA) is 42.2 Å². The minimum atomic E-state index is 0.0908. The van der Waals surface area contributed by atoms with Gasteiger partial charge < -0.3 is 9.73 Å². The molecule has 2 heterocycles. The van der Waals surface area contributed by atoms with E-state index in [0.717, 1.165) is 17.9 Å². The molecule has 1 atom stereocenters. The van der Waals surface area contributed by atoms with Crippen LogP contribution in [0.5, 0.6) is 0 Å². The van der Waals surface area contributed by atoms with Crippen molar-refractivity contribution in [3.05, 3.63) is 54.0 Å². The van der Waals surface area contributed by atoms with E-state index in [-0.39, 0.29) is 11.9 Å². The van der Waals surface area contributed by atoms with Crippen molar-refractivity contribution in [2.24, 2.45) is 0 Å². The summed E-state index contributed by atoms with van der Waals surface area (Å²) in [6, 6.07) is 12.2. The van der Waals surface area contributed by atoms with Crippen molar-refractivity contribution in [1.82, 2.24) is 5.32 Å². The number of benzene rings is 1. The van der Waals surface area contributed by atoms with Crippen molar-refractivity contribution in [2.75, 3.05) is 5.75 Å². The van der Waals surface area contributed by atoms with E-state index in [9.17, 15) is 4.79 Å². The van der Waals surface area contributed by atoms with Crippen LogP contribution in [0.4, 0.5) is 0 Å². The van der Waals surface area contributed by atoms with E-state index in [1.54, 1.807) is 6.26 Å².